The van der Waals surface area contributed by atoms with Crippen LogP contribution in [0.4, 0.5) is 0 Å². The van der Waals surface area contributed by atoms with Crippen molar-refractivity contribution in [3.05, 3.63) is 76.6 Å². The van der Waals surface area contributed by atoms with Gasteiger partial charge in [0.2, 0.25) is 0 Å². The van der Waals surface area contributed by atoms with Crippen LogP contribution in [0.5, 0.6) is 5.75 Å². The van der Waals surface area contributed by atoms with Gasteiger partial charge in [0, 0.05) is 23.7 Å². The smallest absolute Gasteiger partial charge is 0.191 e. The molecule has 0 radical (unpaired) electrons. The molecule has 7 heteroatoms. The van der Waals surface area contributed by atoms with E-state index in [2.05, 4.69) is 53.7 Å². The Hall–Kier alpha value is -2.64. The highest BCUT2D eigenvalue weighted by molar-refractivity contribution is 7.98. The van der Waals surface area contributed by atoms with E-state index in [-0.39, 0.29) is 6.10 Å². The summed E-state index contributed by atoms with van der Waals surface area (Å²) in [4.78, 5) is 4.75. The quantitative estimate of drug-likeness (QED) is 0.333. The maximum absolute atomic E-state index is 6.10. The average Bonchev–Trinajstić information content (AvgIpc) is 3.36. The molecule has 1 unspecified atom stereocenters. The van der Waals surface area contributed by atoms with Gasteiger partial charge in [-0.05, 0) is 44.0 Å². The fourth-order valence-electron chi connectivity index (χ4n) is 3.07. The second kappa shape index (κ2) is 9.02. The summed E-state index contributed by atoms with van der Waals surface area (Å²) in [6.45, 7) is 6.19. The topological polar surface area (TPSA) is 52.8 Å². The van der Waals surface area contributed by atoms with Crippen LogP contribution < -0.4 is 4.74 Å². The van der Waals surface area contributed by atoms with E-state index in [1.54, 1.807) is 23.1 Å². The summed E-state index contributed by atoms with van der Waals surface area (Å²) in [5.41, 5.74) is 4.67. The van der Waals surface area contributed by atoms with Crippen LogP contribution >= 0.6 is 23.1 Å². The predicted molar refractivity (Wildman–Crippen MR) is 123 cm³/mol. The van der Waals surface area contributed by atoms with Gasteiger partial charge in [0.05, 0.1) is 5.69 Å². The molecule has 0 aliphatic rings. The molecule has 2 heterocycles. The predicted octanol–water partition coefficient (Wildman–Crippen LogP) is 5.99. The number of nitrogens with zero attached hydrogens (tertiary/aromatic N) is 4. The lowest BCUT2D eigenvalue weighted by molar-refractivity contribution is 0.211. The second-order valence-electron chi connectivity index (χ2n) is 7.20. The van der Waals surface area contributed by atoms with Crippen molar-refractivity contribution in [1.82, 2.24) is 19.7 Å². The van der Waals surface area contributed by atoms with E-state index in [9.17, 15) is 0 Å². The summed E-state index contributed by atoms with van der Waals surface area (Å²) in [7, 11) is 1.98. The van der Waals surface area contributed by atoms with Gasteiger partial charge in [0.1, 0.15) is 10.8 Å². The lowest BCUT2D eigenvalue weighted by atomic mass is 10.1. The molecule has 154 valence electrons. The van der Waals surface area contributed by atoms with Gasteiger partial charge in [0.25, 0.3) is 0 Å². The normalized spacial score (nSPS) is 12.1. The van der Waals surface area contributed by atoms with E-state index in [1.807, 2.05) is 42.8 Å². The van der Waals surface area contributed by atoms with Gasteiger partial charge in [-0.25, -0.2) is 4.98 Å². The van der Waals surface area contributed by atoms with Gasteiger partial charge in [-0.15, -0.1) is 21.5 Å². The van der Waals surface area contributed by atoms with Crippen molar-refractivity contribution in [3.8, 4) is 16.3 Å². The Kier molecular flexibility index (Phi) is 6.20. The van der Waals surface area contributed by atoms with E-state index < -0.39 is 0 Å². The maximum atomic E-state index is 6.10. The zero-order valence-electron chi connectivity index (χ0n) is 17.5. The number of ether oxygens (including phenoxy) is 1. The largest absolute Gasteiger partial charge is 0.483 e. The lowest BCUT2D eigenvalue weighted by Gasteiger charge is -2.15. The van der Waals surface area contributed by atoms with Crippen LogP contribution in [0.3, 0.4) is 0 Å². The van der Waals surface area contributed by atoms with Gasteiger partial charge >= 0.3 is 0 Å². The molecule has 30 heavy (non-hydrogen) atoms. The van der Waals surface area contributed by atoms with Crippen LogP contribution in [0, 0.1) is 13.8 Å². The molecule has 0 amide bonds. The Morgan fingerprint density at radius 1 is 1.07 bits per heavy atom. The molecule has 2 aromatic heterocycles. The minimum absolute atomic E-state index is 0.192. The zero-order valence-corrected chi connectivity index (χ0v) is 19.1. The van der Waals surface area contributed by atoms with Crippen LogP contribution in [0.1, 0.15) is 35.7 Å². The third-order valence-electron chi connectivity index (χ3n) is 4.95. The molecule has 0 N–H and O–H groups in total. The number of hydrogen-bond acceptors (Lipinski definition) is 6. The van der Waals surface area contributed by atoms with Crippen molar-refractivity contribution in [2.45, 2.75) is 37.8 Å². The molecular formula is C23H24N4OS2. The Labute approximate surface area is 185 Å². The molecule has 0 spiro atoms. The number of aromatic nitrogens is 4. The van der Waals surface area contributed by atoms with E-state index >= 15 is 0 Å². The third kappa shape index (κ3) is 4.57. The van der Waals surface area contributed by atoms with Crippen LogP contribution in [0.25, 0.3) is 10.6 Å². The molecular weight excluding hydrogens is 412 g/mol. The average molecular weight is 437 g/mol. The van der Waals surface area contributed by atoms with E-state index in [0.717, 1.165) is 38.7 Å². The highest BCUT2D eigenvalue weighted by atomic mass is 32.2. The number of benzene rings is 2. The lowest BCUT2D eigenvalue weighted by Crippen LogP contribution is -2.10. The Bertz CT molecular complexity index is 1140. The first-order valence-electron chi connectivity index (χ1n) is 9.77. The molecule has 1 atom stereocenters. The van der Waals surface area contributed by atoms with E-state index in [4.69, 9.17) is 9.72 Å². The maximum Gasteiger partial charge on any atom is 0.191 e. The fourth-order valence-corrected chi connectivity index (χ4v) is 4.82. The van der Waals surface area contributed by atoms with Gasteiger partial charge in [-0.3, -0.25) is 0 Å². The molecule has 0 fully saturated rings. The van der Waals surface area contributed by atoms with Gasteiger partial charge < -0.3 is 9.30 Å². The number of thioether (sulfide) groups is 1. The highest BCUT2D eigenvalue weighted by Gasteiger charge is 2.18. The van der Waals surface area contributed by atoms with Crippen molar-refractivity contribution in [1.29, 1.82) is 0 Å². The molecule has 0 saturated heterocycles. The van der Waals surface area contributed by atoms with Crippen molar-refractivity contribution in [2.24, 2.45) is 7.05 Å². The summed E-state index contributed by atoms with van der Waals surface area (Å²) in [5, 5.41) is 12.7. The number of aryl methyl sites for hydroxylation is 2. The summed E-state index contributed by atoms with van der Waals surface area (Å²) in [6.07, 6.45) is -0.192. The first kappa shape index (κ1) is 20.6. The number of thiazole rings is 1. The van der Waals surface area contributed by atoms with Gasteiger partial charge in [-0.2, -0.15) is 0 Å². The summed E-state index contributed by atoms with van der Waals surface area (Å²) in [5.74, 6) is 2.40. The van der Waals surface area contributed by atoms with Gasteiger partial charge in [-0.1, -0.05) is 48.2 Å². The first-order valence-corrected chi connectivity index (χ1v) is 11.6. The Balaban J connectivity index is 1.41. The molecule has 0 aliphatic carbocycles. The highest BCUT2D eigenvalue weighted by Crippen LogP contribution is 2.29. The molecule has 4 rings (SSSR count). The minimum atomic E-state index is -0.192. The number of rotatable bonds is 7. The standard InChI is InChI=1S/C23H24N4OS2/c1-15-10-11-20(12-16(15)2)28-17(3)21-25-26-23(27(21)4)30-14-19-13-29-22(24-19)18-8-6-5-7-9-18/h5-13,17H,14H2,1-4H3. The van der Waals surface area contributed by atoms with Gasteiger partial charge in [0.15, 0.2) is 17.1 Å². The van der Waals surface area contributed by atoms with Crippen LogP contribution in [-0.4, -0.2) is 19.7 Å². The third-order valence-corrected chi connectivity index (χ3v) is 6.94. The van der Waals surface area contributed by atoms with Crippen molar-refractivity contribution in [3.63, 3.8) is 0 Å². The van der Waals surface area contributed by atoms with Crippen molar-refractivity contribution < 1.29 is 4.74 Å². The molecule has 2 aromatic carbocycles. The van der Waals surface area contributed by atoms with Crippen LogP contribution in [0.15, 0.2) is 59.1 Å². The number of hydrogen-bond donors (Lipinski definition) is 0. The summed E-state index contributed by atoms with van der Waals surface area (Å²) >= 11 is 3.30. The zero-order chi connectivity index (χ0) is 21.1. The van der Waals surface area contributed by atoms with E-state index in [0.29, 0.717) is 0 Å². The fraction of sp³-hybridized carbons (Fsp3) is 0.261. The first-order chi connectivity index (χ1) is 14.5. The molecule has 0 bridgehead atoms. The van der Waals surface area contributed by atoms with Crippen LogP contribution in [0.2, 0.25) is 0 Å². The van der Waals surface area contributed by atoms with Crippen molar-refractivity contribution >= 4 is 23.1 Å². The monoisotopic (exact) mass is 436 g/mol. The molecule has 0 aliphatic heterocycles. The molecule has 4 aromatic rings. The Morgan fingerprint density at radius 2 is 1.87 bits per heavy atom. The minimum Gasteiger partial charge on any atom is -0.483 e. The SMILES string of the molecule is Cc1ccc(OC(C)c2nnc(SCc3csc(-c4ccccc4)n3)n2C)cc1C. The molecule has 0 saturated carbocycles. The van der Waals surface area contributed by atoms with Crippen LogP contribution in [-0.2, 0) is 12.8 Å². The molecule has 5 nitrogen and oxygen atoms in total. The second-order valence-corrected chi connectivity index (χ2v) is 9.01. The Morgan fingerprint density at radius 3 is 2.63 bits per heavy atom. The summed E-state index contributed by atoms with van der Waals surface area (Å²) in [6, 6.07) is 16.4. The van der Waals surface area contributed by atoms with E-state index in [1.165, 1.54) is 11.1 Å². The summed E-state index contributed by atoms with van der Waals surface area (Å²) < 4.78 is 8.10. The van der Waals surface area contributed by atoms with Crippen molar-refractivity contribution in [2.75, 3.05) is 0 Å².